The Balaban J connectivity index is 2.96. The maximum atomic E-state index is 12.3. The van der Waals surface area contributed by atoms with Crippen LogP contribution in [0.15, 0.2) is 33.6 Å². The van der Waals surface area contributed by atoms with Crippen LogP contribution in [0.3, 0.4) is 0 Å². The van der Waals surface area contributed by atoms with E-state index in [1.807, 2.05) is 0 Å². The van der Waals surface area contributed by atoms with Crippen molar-refractivity contribution in [1.82, 2.24) is 4.31 Å². The lowest BCUT2D eigenvalue weighted by molar-refractivity contribution is -0.144. The standard InChI is InChI=1S/C12H16BrNO4S/c1-9(12(15)18-3)8-14(2)19(16,17)11-7-5-4-6-10(11)13/h4-7,9H,8H2,1-3H3. The first-order valence-electron chi connectivity index (χ1n) is 5.59. The molecule has 0 saturated carbocycles. The van der Waals surface area contributed by atoms with Crippen LogP contribution >= 0.6 is 15.9 Å². The van der Waals surface area contributed by atoms with Gasteiger partial charge in [-0.25, -0.2) is 12.7 Å². The molecule has 0 N–H and O–H groups in total. The van der Waals surface area contributed by atoms with Crippen molar-refractivity contribution >= 4 is 31.9 Å². The molecule has 0 heterocycles. The molecule has 1 unspecified atom stereocenters. The van der Waals surface area contributed by atoms with Gasteiger partial charge in [-0.3, -0.25) is 4.79 Å². The second-order valence-corrected chi connectivity index (χ2v) is 7.01. The first kappa shape index (κ1) is 16.1. The molecule has 0 aliphatic carbocycles. The fraction of sp³-hybridized carbons (Fsp3) is 0.417. The number of hydrogen-bond donors (Lipinski definition) is 0. The molecule has 0 fully saturated rings. The molecule has 1 atom stereocenters. The van der Waals surface area contributed by atoms with Crippen molar-refractivity contribution in [2.45, 2.75) is 11.8 Å². The summed E-state index contributed by atoms with van der Waals surface area (Å²) in [7, 11) is -0.910. The van der Waals surface area contributed by atoms with E-state index in [0.717, 1.165) is 4.31 Å². The Kier molecular flexibility index (Phi) is 5.51. The van der Waals surface area contributed by atoms with Crippen LogP contribution in [0.5, 0.6) is 0 Å². The molecule has 5 nitrogen and oxygen atoms in total. The quantitative estimate of drug-likeness (QED) is 0.761. The molecule has 7 heteroatoms. The molecule has 0 amide bonds. The molecule has 0 bridgehead atoms. The Bertz CT molecular complexity index is 559. The van der Waals surface area contributed by atoms with E-state index >= 15 is 0 Å². The first-order valence-corrected chi connectivity index (χ1v) is 7.82. The average molecular weight is 350 g/mol. The summed E-state index contributed by atoms with van der Waals surface area (Å²) in [6.07, 6.45) is 0. The smallest absolute Gasteiger partial charge is 0.309 e. The average Bonchev–Trinajstić information content (AvgIpc) is 2.37. The Morgan fingerprint density at radius 1 is 1.42 bits per heavy atom. The predicted molar refractivity (Wildman–Crippen MR) is 75.1 cm³/mol. The van der Waals surface area contributed by atoms with Gasteiger partial charge in [0, 0.05) is 18.1 Å². The number of ether oxygens (including phenoxy) is 1. The van der Waals surface area contributed by atoms with Crippen molar-refractivity contribution in [3.8, 4) is 0 Å². The predicted octanol–water partition coefficient (Wildman–Crippen LogP) is 1.88. The summed E-state index contributed by atoms with van der Waals surface area (Å²) in [6, 6.07) is 6.55. The number of halogens is 1. The minimum absolute atomic E-state index is 0.0658. The van der Waals surface area contributed by atoms with E-state index in [0.29, 0.717) is 4.47 Å². The van der Waals surface area contributed by atoms with E-state index in [2.05, 4.69) is 20.7 Å². The van der Waals surface area contributed by atoms with Crippen LogP contribution in [0.2, 0.25) is 0 Å². The lowest BCUT2D eigenvalue weighted by atomic mass is 10.2. The van der Waals surface area contributed by atoms with Crippen molar-refractivity contribution in [3.63, 3.8) is 0 Å². The van der Waals surface area contributed by atoms with Gasteiger partial charge < -0.3 is 4.74 Å². The zero-order chi connectivity index (χ0) is 14.6. The molecule has 0 radical (unpaired) electrons. The van der Waals surface area contributed by atoms with Crippen LogP contribution in [0.1, 0.15) is 6.92 Å². The highest BCUT2D eigenvalue weighted by atomic mass is 79.9. The van der Waals surface area contributed by atoms with E-state index in [-0.39, 0.29) is 11.4 Å². The molecule has 1 aromatic rings. The molecule has 0 saturated heterocycles. The largest absolute Gasteiger partial charge is 0.469 e. The Morgan fingerprint density at radius 3 is 2.53 bits per heavy atom. The number of hydrogen-bond acceptors (Lipinski definition) is 4. The molecule has 0 aromatic heterocycles. The number of rotatable bonds is 5. The van der Waals surface area contributed by atoms with E-state index in [9.17, 15) is 13.2 Å². The summed E-state index contributed by atoms with van der Waals surface area (Å²) in [5.41, 5.74) is 0. The fourth-order valence-corrected chi connectivity index (χ4v) is 3.80. The number of sulfonamides is 1. The van der Waals surface area contributed by atoms with Crippen LogP contribution in [0.4, 0.5) is 0 Å². The van der Waals surface area contributed by atoms with Gasteiger partial charge in [0.2, 0.25) is 10.0 Å². The minimum atomic E-state index is -3.63. The maximum absolute atomic E-state index is 12.3. The third-order valence-electron chi connectivity index (χ3n) is 2.66. The SMILES string of the molecule is COC(=O)C(C)CN(C)S(=O)(=O)c1ccccc1Br. The fourth-order valence-electron chi connectivity index (χ4n) is 1.58. The Morgan fingerprint density at radius 2 is 2.00 bits per heavy atom. The van der Waals surface area contributed by atoms with Crippen LogP contribution in [-0.4, -0.2) is 39.4 Å². The van der Waals surface area contributed by atoms with Gasteiger partial charge in [-0.2, -0.15) is 0 Å². The molecule has 106 valence electrons. The van der Waals surface area contributed by atoms with Gasteiger partial charge in [0.1, 0.15) is 0 Å². The number of carbonyl (C=O) groups is 1. The van der Waals surface area contributed by atoms with Crippen LogP contribution < -0.4 is 0 Å². The van der Waals surface area contributed by atoms with Gasteiger partial charge in [-0.05, 0) is 28.1 Å². The van der Waals surface area contributed by atoms with Crippen molar-refractivity contribution in [3.05, 3.63) is 28.7 Å². The second kappa shape index (κ2) is 6.49. The van der Waals surface area contributed by atoms with Crippen LogP contribution in [-0.2, 0) is 19.6 Å². The number of esters is 1. The topological polar surface area (TPSA) is 63.7 Å². The summed E-state index contributed by atoms with van der Waals surface area (Å²) in [5, 5.41) is 0. The number of methoxy groups -OCH3 is 1. The van der Waals surface area contributed by atoms with E-state index < -0.39 is 21.9 Å². The van der Waals surface area contributed by atoms with Gasteiger partial charge >= 0.3 is 5.97 Å². The molecule has 0 aliphatic heterocycles. The van der Waals surface area contributed by atoms with Crippen LogP contribution in [0, 0.1) is 5.92 Å². The van der Waals surface area contributed by atoms with Gasteiger partial charge in [0.15, 0.2) is 0 Å². The molecular weight excluding hydrogens is 334 g/mol. The first-order chi connectivity index (χ1) is 8.80. The number of nitrogens with zero attached hydrogens (tertiary/aromatic N) is 1. The zero-order valence-electron chi connectivity index (χ0n) is 11.0. The molecule has 0 spiro atoms. The van der Waals surface area contributed by atoms with Crippen molar-refractivity contribution in [1.29, 1.82) is 0 Å². The lowest BCUT2D eigenvalue weighted by Crippen LogP contribution is -2.34. The third-order valence-corrected chi connectivity index (χ3v) is 5.49. The maximum Gasteiger partial charge on any atom is 0.309 e. The summed E-state index contributed by atoms with van der Waals surface area (Å²) in [4.78, 5) is 11.5. The monoisotopic (exact) mass is 349 g/mol. The van der Waals surface area contributed by atoms with E-state index in [4.69, 9.17) is 0 Å². The van der Waals surface area contributed by atoms with E-state index in [1.54, 1.807) is 25.1 Å². The molecule has 1 aromatic carbocycles. The lowest BCUT2D eigenvalue weighted by Gasteiger charge is -2.20. The zero-order valence-corrected chi connectivity index (χ0v) is 13.4. The second-order valence-electron chi connectivity index (χ2n) is 4.14. The Hall–Kier alpha value is -0.920. The molecular formula is C12H16BrNO4S. The normalized spacial score (nSPS) is 13.3. The summed E-state index contributed by atoms with van der Waals surface area (Å²) in [6.45, 7) is 1.69. The number of carbonyl (C=O) groups excluding carboxylic acids is 1. The number of benzene rings is 1. The Labute approximate surface area is 121 Å². The molecule has 19 heavy (non-hydrogen) atoms. The summed E-state index contributed by atoms with van der Waals surface area (Å²) >= 11 is 3.21. The van der Waals surface area contributed by atoms with Crippen molar-refractivity contribution in [2.24, 2.45) is 5.92 Å². The van der Waals surface area contributed by atoms with E-state index in [1.165, 1.54) is 20.2 Å². The molecule has 0 aliphatic rings. The third kappa shape index (κ3) is 3.77. The highest BCUT2D eigenvalue weighted by Crippen LogP contribution is 2.24. The van der Waals surface area contributed by atoms with Crippen LogP contribution in [0.25, 0.3) is 0 Å². The summed E-state index contributed by atoms with van der Waals surface area (Å²) < 4.78 is 30.9. The van der Waals surface area contributed by atoms with Gasteiger partial charge in [-0.15, -0.1) is 0 Å². The van der Waals surface area contributed by atoms with Gasteiger partial charge in [0.05, 0.1) is 17.9 Å². The highest BCUT2D eigenvalue weighted by Gasteiger charge is 2.26. The molecule has 1 rings (SSSR count). The van der Waals surface area contributed by atoms with Crippen molar-refractivity contribution < 1.29 is 17.9 Å². The van der Waals surface area contributed by atoms with Gasteiger partial charge in [0.25, 0.3) is 0 Å². The minimum Gasteiger partial charge on any atom is -0.469 e. The highest BCUT2D eigenvalue weighted by molar-refractivity contribution is 9.10. The van der Waals surface area contributed by atoms with Crippen molar-refractivity contribution in [2.75, 3.05) is 20.7 Å². The summed E-state index contributed by atoms with van der Waals surface area (Å²) in [5.74, 6) is -0.957. The van der Waals surface area contributed by atoms with Gasteiger partial charge in [-0.1, -0.05) is 19.1 Å².